The molecule has 0 unspecified atom stereocenters. The van der Waals surface area contributed by atoms with E-state index in [0.717, 1.165) is 11.1 Å². The zero-order chi connectivity index (χ0) is 24.4. The van der Waals surface area contributed by atoms with E-state index in [-0.39, 0.29) is 13.0 Å². The van der Waals surface area contributed by atoms with Gasteiger partial charge in [0.25, 0.3) is 0 Å². The minimum atomic E-state index is -1.00. The Hall–Kier alpha value is -3.86. The molecule has 0 aliphatic rings. The number of amides is 2. The number of esters is 1. The second-order valence-corrected chi connectivity index (χ2v) is 8.54. The maximum atomic E-state index is 12.9. The highest BCUT2D eigenvalue weighted by Crippen LogP contribution is 2.10. The summed E-state index contributed by atoms with van der Waals surface area (Å²) >= 11 is 0. The highest BCUT2D eigenvalue weighted by atomic mass is 16.6. The molecule has 0 spiro atoms. The summed E-state index contributed by atoms with van der Waals surface area (Å²) in [6.45, 7) is 6.75. The van der Waals surface area contributed by atoms with Crippen LogP contribution in [0.4, 0.5) is 4.79 Å². The van der Waals surface area contributed by atoms with Gasteiger partial charge in [0.1, 0.15) is 24.3 Å². The van der Waals surface area contributed by atoms with Crippen molar-refractivity contribution in [3.05, 3.63) is 71.3 Å². The molecule has 0 radical (unpaired) electrons. The molecule has 0 aliphatic carbocycles. The topological polar surface area (TPSA) is 118 Å². The molecule has 0 saturated heterocycles. The predicted molar refractivity (Wildman–Crippen MR) is 122 cm³/mol. The lowest BCUT2D eigenvalue weighted by Gasteiger charge is -2.24. The van der Waals surface area contributed by atoms with Crippen LogP contribution in [0.25, 0.3) is 0 Å². The number of ether oxygens (including phenoxy) is 2. The van der Waals surface area contributed by atoms with Crippen molar-refractivity contribution in [2.45, 2.75) is 58.4 Å². The SMILES string of the molecule is C[C@H](NC(=O)[C@@H](Cc1ccc(C#N)cc1)NC(=O)OC(C)(C)C)C(=O)OCc1ccccc1. The van der Waals surface area contributed by atoms with Crippen LogP contribution in [0.1, 0.15) is 44.4 Å². The summed E-state index contributed by atoms with van der Waals surface area (Å²) in [4.78, 5) is 37.5. The number of nitrogens with one attached hydrogen (secondary N) is 2. The fraction of sp³-hybridized carbons (Fsp3) is 0.360. The molecular formula is C25H29N3O5. The Balaban J connectivity index is 2.04. The summed E-state index contributed by atoms with van der Waals surface area (Å²) in [5.41, 5.74) is 1.29. The van der Waals surface area contributed by atoms with Gasteiger partial charge in [-0.2, -0.15) is 5.26 Å². The number of nitrogens with zero attached hydrogens (tertiary/aromatic N) is 1. The van der Waals surface area contributed by atoms with Crippen molar-refractivity contribution in [1.29, 1.82) is 5.26 Å². The molecule has 174 valence electrons. The Kier molecular flexibility index (Phi) is 8.98. The van der Waals surface area contributed by atoms with Crippen LogP contribution in [-0.4, -0.2) is 35.7 Å². The van der Waals surface area contributed by atoms with Gasteiger partial charge in [0.15, 0.2) is 0 Å². The lowest BCUT2D eigenvalue weighted by molar-refractivity contribution is -0.148. The fourth-order valence-electron chi connectivity index (χ4n) is 2.84. The van der Waals surface area contributed by atoms with Crippen LogP contribution in [0.2, 0.25) is 0 Å². The van der Waals surface area contributed by atoms with Crippen molar-refractivity contribution in [2.24, 2.45) is 0 Å². The van der Waals surface area contributed by atoms with Gasteiger partial charge in [-0.3, -0.25) is 4.79 Å². The number of hydrogen-bond donors (Lipinski definition) is 2. The average molecular weight is 452 g/mol. The van der Waals surface area contributed by atoms with Crippen molar-refractivity contribution in [2.75, 3.05) is 0 Å². The van der Waals surface area contributed by atoms with Crippen molar-refractivity contribution in [3.63, 3.8) is 0 Å². The molecule has 0 bridgehead atoms. The first-order valence-electron chi connectivity index (χ1n) is 10.6. The van der Waals surface area contributed by atoms with Gasteiger partial charge in [-0.25, -0.2) is 9.59 Å². The van der Waals surface area contributed by atoms with E-state index >= 15 is 0 Å². The maximum absolute atomic E-state index is 12.9. The van der Waals surface area contributed by atoms with E-state index < -0.39 is 35.7 Å². The first-order chi connectivity index (χ1) is 15.6. The first-order valence-corrected chi connectivity index (χ1v) is 10.6. The number of benzene rings is 2. The van der Waals surface area contributed by atoms with Gasteiger partial charge < -0.3 is 20.1 Å². The van der Waals surface area contributed by atoms with Crippen LogP contribution >= 0.6 is 0 Å². The zero-order valence-corrected chi connectivity index (χ0v) is 19.3. The van der Waals surface area contributed by atoms with Crippen molar-refractivity contribution in [3.8, 4) is 6.07 Å². The molecule has 2 N–H and O–H groups in total. The molecule has 2 rings (SSSR count). The highest BCUT2D eigenvalue weighted by molar-refractivity contribution is 5.89. The number of alkyl carbamates (subject to hydrolysis) is 1. The Morgan fingerprint density at radius 1 is 0.970 bits per heavy atom. The molecule has 2 amide bonds. The summed E-state index contributed by atoms with van der Waals surface area (Å²) < 4.78 is 10.5. The number of carbonyl (C=O) groups is 3. The number of hydrogen-bond acceptors (Lipinski definition) is 6. The predicted octanol–water partition coefficient (Wildman–Crippen LogP) is 3.24. The van der Waals surface area contributed by atoms with E-state index in [1.165, 1.54) is 6.92 Å². The van der Waals surface area contributed by atoms with Gasteiger partial charge in [-0.15, -0.1) is 0 Å². The molecule has 0 heterocycles. The largest absolute Gasteiger partial charge is 0.459 e. The minimum Gasteiger partial charge on any atom is -0.459 e. The van der Waals surface area contributed by atoms with E-state index in [0.29, 0.717) is 5.56 Å². The quantitative estimate of drug-likeness (QED) is 0.595. The summed E-state index contributed by atoms with van der Waals surface area (Å²) in [7, 11) is 0. The molecule has 2 aromatic carbocycles. The molecule has 0 fully saturated rings. The van der Waals surface area contributed by atoms with Crippen molar-refractivity contribution >= 4 is 18.0 Å². The van der Waals surface area contributed by atoms with E-state index in [2.05, 4.69) is 10.6 Å². The lowest BCUT2D eigenvalue weighted by Crippen LogP contribution is -2.52. The Morgan fingerprint density at radius 2 is 1.61 bits per heavy atom. The molecule has 8 nitrogen and oxygen atoms in total. The number of rotatable bonds is 8. The average Bonchev–Trinajstić information content (AvgIpc) is 2.76. The van der Waals surface area contributed by atoms with E-state index in [1.54, 1.807) is 45.0 Å². The van der Waals surface area contributed by atoms with Crippen molar-refractivity contribution in [1.82, 2.24) is 10.6 Å². The molecule has 0 aromatic heterocycles. The maximum Gasteiger partial charge on any atom is 0.408 e. The standard InChI is InChI=1S/C25H29N3O5/c1-17(23(30)32-16-20-8-6-5-7-9-20)27-22(29)21(28-24(31)33-25(2,3)4)14-18-10-12-19(15-26)13-11-18/h5-13,17,21H,14,16H2,1-4H3,(H,27,29)(H,28,31)/t17-,21+/m0/s1. The first kappa shape index (κ1) is 25.4. The molecule has 2 atom stereocenters. The van der Waals surface area contributed by atoms with Crippen LogP contribution in [0.15, 0.2) is 54.6 Å². The second kappa shape index (κ2) is 11.7. The lowest BCUT2D eigenvalue weighted by atomic mass is 10.0. The summed E-state index contributed by atoms with van der Waals surface area (Å²) in [5, 5.41) is 14.1. The van der Waals surface area contributed by atoms with Crippen LogP contribution in [0.5, 0.6) is 0 Å². The van der Waals surface area contributed by atoms with E-state index in [4.69, 9.17) is 14.7 Å². The van der Waals surface area contributed by atoms with Gasteiger partial charge in [-0.1, -0.05) is 42.5 Å². The van der Waals surface area contributed by atoms with Gasteiger partial charge >= 0.3 is 12.1 Å². The van der Waals surface area contributed by atoms with Gasteiger partial charge in [0.05, 0.1) is 11.6 Å². The molecule has 0 saturated carbocycles. The number of carbonyl (C=O) groups excluding carboxylic acids is 3. The Labute approximate surface area is 193 Å². The van der Waals surface area contributed by atoms with Crippen molar-refractivity contribution < 1.29 is 23.9 Å². The van der Waals surface area contributed by atoms with E-state index in [1.807, 2.05) is 36.4 Å². The third kappa shape index (κ3) is 9.03. The summed E-state index contributed by atoms with van der Waals surface area (Å²) in [5.74, 6) is -1.16. The third-order valence-electron chi connectivity index (χ3n) is 4.47. The molecule has 2 aromatic rings. The Bertz CT molecular complexity index is 991. The molecule has 33 heavy (non-hydrogen) atoms. The van der Waals surface area contributed by atoms with Gasteiger partial charge in [-0.05, 0) is 51.0 Å². The monoisotopic (exact) mass is 451 g/mol. The number of nitriles is 1. The summed E-state index contributed by atoms with van der Waals surface area (Å²) in [6, 6.07) is 16.0. The molecular weight excluding hydrogens is 422 g/mol. The van der Waals surface area contributed by atoms with Crippen LogP contribution in [0.3, 0.4) is 0 Å². The molecule has 8 heteroatoms. The third-order valence-corrected chi connectivity index (χ3v) is 4.47. The highest BCUT2D eigenvalue weighted by Gasteiger charge is 2.27. The van der Waals surface area contributed by atoms with Crippen LogP contribution < -0.4 is 10.6 Å². The smallest absolute Gasteiger partial charge is 0.408 e. The van der Waals surface area contributed by atoms with E-state index in [9.17, 15) is 14.4 Å². The van der Waals surface area contributed by atoms with Gasteiger partial charge in [0, 0.05) is 6.42 Å². The Morgan fingerprint density at radius 3 is 2.18 bits per heavy atom. The van der Waals surface area contributed by atoms with Crippen LogP contribution in [0, 0.1) is 11.3 Å². The van der Waals surface area contributed by atoms with Crippen LogP contribution in [-0.2, 0) is 32.1 Å². The second-order valence-electron chi connectivity index (χ2n) is 8.54. The minimum absolute atomic E-state index is 0.0880. The zero-order valence-electron chi connectivity index (χ0n) is 19.3. The fourth-order valence-corrected chi connectivity index (χ4v) is 2.84. The normalized spacial score (nSPS) is 12.6. The van der Waals surface area contributed by atoms with Gasteiger partial charge in [0.2, 0.25) is 5.91 Å². The summed E-state index contributed by atoms with van der Waals surface area (Å²) in [6.07, 6.45) is -0.613. The molecule has 0 aliphatic heterocycles.